The zero-order valence-corrected chi connectivity index (χ0v) is 11.3. The molecule has 1 aromatic rings. The third-order valence-corrected chi connectivity index (χ3v) is 2.77. The van der Waals surface area contributed by atoms with Gasteiger partial charge in [-0.15, -0.1) is 0 Å². The molecule has 1 atom stereocenters. The molecule has 0 aliphatic heterocycles. The lowest BCUT2D eigenvalue weighted by molar-refractivity contribution is -0.116. The number of hydrogen-bond donors (Lipinski definition) is 3. The van der Waals surface area contributed by atoms with Crippen LogP contribution >= 0.6 is 0 Å². The SMILES string of the molecule is CCCC(=O)Nc1ccc(O)c(C(C)NCC)c1. The van der Waals surface area contributed by atoms with E-state index >= 15 is 0 Å². The molecule has 18 heavy (non-hydrogen) atoms. The number of amides is 1. The largest absolute Gasteiger partial charge is 0.508 e. The summed E-state index contributed by atoms with van der Waals surface area (Å²) in [4.78, 5) is 11.5. The summed E-state index contributed by atoms with van der Waals surface area (Å²) in [5, 5.41) is 15.9. The van der Waals surface area contributed by atoms with Gasteiger partial charge in [0.05, 0.1) is 0 Å². The average molecular weight is 250 g/mol. The van der Waals surface area contributed by atoms with Crippen LogP contribution < -0.4 is 10.6 Å². The maximum Gasteiger partial charge on any atom is 0.224 e. The van der Waals surface area contributed by atoms with Crippen molar-refractivity contribution < 1.29 is 9.90 Å². The van der Waals surface area contributed by atoms with Gasteiger partial charge in [-0.05, 0) is 38.1 Å². The van der Waals surface area contributed by atoms with E-state index in [1.807, 2.05) is 26.8 Å². The number of hydrogen-bond acceptors (Lipinski definition) is 3. The number of nitrogens with one attached hydrogen (secondary N) is 2. The van der Waals surface area contributed by atoms with E-state index in [2.05, 4.69) is 10.6 Å². The second-order valence-electron chi connectivity index (χ2n) is 4.35. The summed E-state index contributed by atoms with van der Waals surface area (Å²) in [6.07, 6.45) is 1.34. The van der Waals surface area contributed by atoms with Crippen molar-refractivity contribution in [2.75, 3.05) is 11.9 Å². The number of phenols is 1. The van der Waals surface area contributed by atoms with Gasteiger partial charge in [0.2, 0.25) is 5.91 Å². The molecule has 4 nitrogen and oxygen atoms in total. The molecule has 0 fully saturated rings. The van der Waals surface area contributed by atoms with Crippen LogP contribution in [-0.2, 0) is 4.79 Å². The van der Waals surface area contributed by atoms with Crippen LogP contribution in [-0.4, -0.2) is 17.6 Å². The van der Waals surface area contributed by atoms with Crippen LogP contribution in [0.1, 0.15) is 45.2 Å². The quantitative estimate of drug-likeness (QED) is 0.680. The molecule has 0 saturated heterocycles. The molecule has 1 unspecified atom stereocenters. The molecule has 0 aliphatic rings. The van der Waals surface area contributed by atoms with Crippen molar-refractivity contribution in [2.24, 2.45) is 0 Å². The first-order valence-electron chi connectivity index (χ1n) is 6.44. The molecule has 0 heterocycles. The number of rotatable bonds is 6. The summed E-state index contributed by atoms with van der Waals surface area (Å²) >= 11 is 0. The van der Waals surface area contributed by atoms with Crippen molar-refractivity contribution in [2.45, 2.75) is 39.7 Å². The van der Waals surface area contributed by atoms with Gasteiger partial charge < -0.3 is 15.7 Å². The molecule has 0 spiro atoms. The molecule has 1 aromatic carbocycles. The Morgan fingerprint density at radius 1 is 1.39 bits per heavy atom. The lowest BCUT2D eigenvalue weighted by Gasteiger charge is -2.16. The topological polar surface area (TPSA) is 61.4 Å². The van der Waals surface area contributed by atoms with Gasteiger partial charge in [-0.1, -0.05) is 13.8 Å². The first kappa shape index (κ1) is 14.5. The van der Waals surface area contributed by atoms with E-state index in [9.17, 15) is 9.90 Å². The van der Waals surface area contributed by atoms with Crippen LogP contribution in [0.3, 0.4) is 0 Å². The van der Waals surface area contributed by atoms with Gasteiger partial charge >= 0.3 is 0 Å². The van der Waals surface area contributed by atoms with Gasteiger partial charge in [0, 0.05) is 23.7 Å². The molecule has 0 aliphatic carbocycles. The summed E-state index contributed by atoms with van der Waals surface area (Å²) in [5.74, 6) is 0.252. The van der Waals surface area contributed by atoms with Crippen molar-refractivity contribution in [3.63, 3.8) is 0 Å². The van der Waals surface area contributed by atoms with E-state index in [0.29, 0.717) is 6.42 Å². The van der Waals surface area contributed by atoms with E-state index in [1.165, 1.54) is 0 Å². The van der Waals surface area contributed by atoms with E-state index in [0.717, 1.165) is 24.2 Å². The van der Waals surface area contributed by atoms with Gasteiger partial charge in [-0.3, -0.25) is 4.79 Å². The lowest BCUT2D eigenvalue weighted by atomic mass is 10.1. The average Bonchev–Trinajstić information content (AvgIpc) is 2.32. The second kappa shape index (κ2) is 7.01. The number of carbonyl (C=O) groups is 1. The lowest BCUT2D eigenvalue weighted by Crippen LogP contribution is -2.18. The minimum atomic E-state index is 0.00486. The van der Waals surface area contributed by atoms with Crippen LogP contribution in [0.15, 0.2) is 18.2 Å². The van der Waals surface area contributed by atoms with Crippen molar-refractivity contribution in [3.8, 4) is 5.75 Å². The standard InChI is InChI=1S/C14H22N2O2/c1-4-6-14(18)16-11-7-8-13(17)12(9-11)10(3)15-5-2/h7-10,15,17H,4-6H2,1-3H3,(H,16,18). The fourth-order valence-electron chi connectivity index (χ4n) is 1.85. The molecule has 100 valence electrons. The minimum absolute atomic E-state index is 0.00486. The van der Waals surface area contributed by atoms with Gasteiger partial charge in [0.1, 0.15) is 5.75 Å². The normalized spacial score (nSPS) is 12.2. The van der Waals surface area contributed by atoms with Crippen molar-refractivity contribution in [3.05, 3.63) is 23.8 Å². The summed E-state index contributed by atoms with van der Waals surface area (Å²) in [6.45, 7) is 6.79. The Hall–Kier alpha value is -1.55. The Morgan fingerprint density at radius 2 is 2.11 bits per heavy atom. The van der Waals surface area contributed by atoms with E-state index in [-0.39, 0.29) is 17.7 Å². The van der Waals surface area contributed by atoms with Crippen LogP contribution in [0.4, 0.5) is 5.69 Å². The zero-order chi connectivity index (χ0) is 13.5. The van der Waals surface area contributed by atoms with Crippen LogP contribution in [0.5, 0.6) is 5.75 Å². The van der Waals surface area contributed by atoms with E-state index in [1.54, 1.807) is 12.1 Å². The summed E-state index contributed by atoms with van der Waals surface area (Å²) < 4.78 is 0. The maximum atomic E-state index is 11.5. The summed E-state index contributed by atoms with van der Waals surface area (Å²) in [7, 11) is 0. The summed E-state index contributed by atoms with van der Waals surface area (Å²) in [6, 6.07) is 5.20. The molecular weight excluding hydrogens is 228 g/mol. The fraction of sp³-hybridized carbons (Fsp3) is 0.500. The molecule has 3 N–H and O–H groups in total. The highest BCUT2D eigenvalue weighted by molar-refractivity contribution is 5.90. The highest BCUT2D eigenvalue weighted by atomic mass is 16.3. The number of phenolic OH excluding ortho intramolecular Hbond substituents is 1. The highest BCUT2D eigenvalue weighted by Gasteiger charge is 2.11. The summed E-state index contributed by atoms with van der Waals surface area (Å²) in [5.41, 5.74) is 1.53. The van der Waals surface area contributed by atoms with Crippen LogP contribution in [0.2, 0.25) is 0 Å². The molecule has 0 bridgehead atoms. The van der Waals surface area contributed by atoms with Crippen molar-refractivity contribution >= 4 is 11.6 Å². The van der Waals surface area contributed by atoms with Crippen molar-refractivity contribution in [1.29, 1.82) is 0 Å². The second-order valence-corrected chi connectivity index (χ2v) is 4.35. The van der Waals surface area contributed by atoms with Gasteiger partial charge in [-0.25, -0.2) is 0 Å². The predicted molar refractivity (Wildman–Crippen MR) is 73.7 cm³/mol. The first-order chi connectivity index (χ1) is 8.58. The van der Waals surface area contributed by atoms with Crippen LogP contribution in [0.25, 0.3) is 0 Å². The van der Waals surface area contributed by atoms with Gasteiger partial charge in [0.15, 0.2) is 0 Å². The Bertz CT molecular complexity index is 405. The Kier molecular flexibility index (Phi) is 5.65. The molecular formula is C14H22N2O2. The minimum Gasteiger partial charge on any atom is -0.508 e. The first-order valence-corrected chi connectivity index (χ1v) is 6.44. The monoisotopic (exact) mass is 250 g/mol. The molecule has 1 amide bonds. The predicted octanol–water partition coefficient (Wildman–Crippen LogP) is 2.80. The number of benzene rings is 1. The molecule has 0 radical (unpaired) electrons. The number of carbonyl (C=O) groups excluding carboxylic acids is 1. The highest BCUT2D eigenvalue weighted by Crippen LogP contribution is 2.27. The molecule has 0 aromatic heterocycles. The zero-order valence-electron chi connectivity index (χ0n) is 11.3. The Balaban J connectivity index is 2.83. The van der Waals surface area contributed by atoms with Crippen molar-refractivity contribution in [1.82, 2.24) is 5.32 Å². The Labute approximate surface area is 108 Å². The third kappa shape index (κ3) is 4.04. The van der Waals surface area contributed by atoms with Crippen LogP contribution in [0, 0.1) is 0 Å². The smallest absolute Gasteiger partial charge is 0.224 e. The third-order valence-electron chi connectivity index (χ3n) is 2.77. The van der Waals surface area contributed by atoms with Gasteiger partial charge in [0.25, 0.3) is 0 Å². The Morgan fingerprint density at radius 3 is 2.72 bits per heavy atom. The number of anilines is 1. The molecule has 1 rings (SSSR count). The molecule has 0 saturated carbocycles. The maximum absolute atomic E-state index is 11.5. The van der Waals surface area contributed by atoms with E-state index < -0.39 is 0 Å². The molecule has 4 heteroatoms. The van der Waals surface area contributed by atoms with E-state index in [4.69, 9.17) is 0 Å². The number of aromatic hydroxyl groups is 1. The van der Waals surface area contributed by atoms with Gasteiger partial charge in [-0.2, -0.15) is 0 Å². The fourth-order valence-corrected chi connectivity index (χ4v) is 1.85.